The molecule has 0 bridgehead atoms. The number of nitrogens with zero attached hydrogens (tertiary/aromatic N) is 1. The van der Waals surface area contributed by atoms with Gasteiger partial charge in [-0.2, -0.15) is 0 Å². The number of nitrogens with two attached hydrogens (primary N) is 1. The summed E-state index contributed by atoms with van der Waals surface area (Å²) in [6.07, 6.45) is 0.842. The summed E-state index contributed by atoms with van der Waals surface area (Å²) in [5.41, 5.74) is 8.45. The molecule has 0 radical (unpaired) electrons. The van der Waals surface area contributed by atoms with E-state index in [1.165, 1.54) is 0 Å². The lowest BCUT2D eigenvalue weighted by atomic mass is 10.0. The first-order valence-electron chi connectivity index (χ1n) is 6.56. The molecular weight excluding hydrogens is 224 g/mol. The summed E-state index contributed by atoms with van der Waals surface area (Å²) in [6.45, 7) is 9.40. The van der Waals surface area contributed by atoms with Gasteiger partial charge in [0.25, 0.3) is 5.91 Å². The minimum Gasteiger partial charge on any atom is -0.336 e. The third-order valence-electron chi connectivity index (χ3n) is 3.18. The van der Waals surface area contributed by atoms with Gasteiger partial charge in [0.1, 0.15) is 0 Å². The van der Waals surface area contributed by atoms with Crippen LogP contribution in [0.25, 0.3) is 0 Å². The highest BCUT2D eigenvalue weighted by Gasteiger charge is 2.21. The SMILES string of the molecule is Cc1cccc(C)c1C(=O)N(CCCN)C(C)C. The second-order valence-electron chi connectivity index (χ2n) is 5.00. The molecule has 1 aromatic carbocycles. The average Bonchev–Trinajstić information content (AvgIpc) is 2.28. The van der Waals surface area contributed by atoms with Gasteiger partial charge in [-0.1, -0.05) is 18.2 Å². The number of carbonyl (C=O) groups excluding carboxylic acids is 1. The zero-order valence-corrected chi connectivity index (χ0v) is 11.9. The van der Waals surface area contributed by atoms with Crippen LogP contribution in [-0.4, -0.2) is 29.9 Å². The zero-order chi connectivity index (χ0) is 13.7. The first-order chi connectivity index (χ1) is 8.49. The van der Waals surface area contributed by atoms with Crippen LogP contribution in [0.4, 0.5) is 0 Å². The molecule has 0 heterocycles. The van der Waals surface area contributed by atoms with Gasteiger partial charge < -0.3 is 10.6 Å². The van der Waals surface area contributed by atoms with Gasteiger partial charge in [-0.3, -0.25) is 4.79 Å². The maximum Gasteiger partial charge on any atom is 0.254 e. The molecule has 0 atom stereocenters. The third kappa shape index (κ3) is 3.33. The largest absolute Gasteiger partial charge is 0.336 e. The van der Waals surface area contributed by atoms with E-state index in [2.05, 4.69) is 0 Å². The van der Waals surface area contributed by atoms with Crippen LogP contribution in [0.5, 0.6) is 0 Å². The smallest absolute Gasteiger partial charge is 0.254 e. The molecule has 0 saturated heterocycles. The Kier molecular flexibility index (Phi) is 5.35. The van der Waals surface area contributed by atoms with Crippen molar-refractivity contribution in [2.45, 2.75) is 40.2 Å². The van der Waals surface area contributed by atoms with Crippen LogP contribution >= 0.6 is 0 Å². The summed E-state index contributed by atoms with van der Waals surface area (Å²) in [5, 5.41) is 0. The zero-order valence-electron chi connectivity index (χ0n) is 11.9. The number of hydrogen-bond acceptors (Lipinski definition) is 2. The summed E-state index contributed by atoms with van der Waals surface area (Å²) in [6, 6.07) is 6.16. The van der Waals surface area contributed by atoms with Gasteiger partial charge in [0.2, 0.25) is 0 Å². The fraction of sp³-hybridized carbons (Fsp3) is 0.533. The fourth-order valence-corrected chi connectivity index (χ4v) is 2.15. The van der Waals surface area contributed by atoms with Crippen molar-refractivity contribution in [3.63, 3.8) is 0 Å². The van der Waals surface area contributed by atoms with E-state index >= 15 is 0 Å². The molecular formula is C15H24N2O. The standard InChI is InChI=1S/C15H24N2O/c1-11(2)17(10-6-9-16)15(18)14-12(3)7-5-8-13(14)4/h5,7-8,11H,6,9-10,16H2,1-4H3. The number of amides is 1. The fourth-order valence-electron chi connectivity index (χ4n) is 2.15. The van der Waals surface area contributed by atoms with E-state index in [0.29, 0.717) is 6.54 Å². The topological polar surface area (TPSA) is 46.3 Å². The number of benzene rings is 1. The van der Waals surface area contributed by atoms with Crippen LogP contribution in [0, 0.1) is 13.8 Å². The predicted octanol–water partition coefficient (Wildman–Crippen LogP) is 2.50. The number of rotatable bonds is 5. The highest BCUT2D eigenvalue weighted by Crippen LogP contribution is 2.17. The number of carbonyl (C=O) groups is 1. The second-order valence-corrected chi connectivity index (χ2v) is 5.00. The van der Waals surface area contributed by atoms with Gasteiger partial charge in [-0.05, 0) is 51.8 Å². The Morgan fingerprint density at radius 3 is 2.28 bits per heavy atom. The Bertz CT molecular complexity index is 393. The molecule has 0 aliphatic carbocycles. The van der Waals surface area contributed by atoms with Crippen molar-refractivity contribution in [2.24, 2.45) is 5.73 Å². The van der Waals surface area contributed by atoms with Crippen molar-refractivity contribution in [1.82, 2.24) is 4.90 Å². The van der Waals surface area contributed by atoms with Crippen molar-refractivity contribution in [2.75, 3.05) is 13.1 Å². The lowest BCUT2D eigenvalue weighted by Gasteiger charge is -2.28. The van der Waals surface area contributed by atoms with Gasteiger partial charge in [0.05, 0.1) is 0 Å². The molecule has 3 heteroatoms. The van der Waals surface area contributed by atoms with E-state index in [4.69, 9.17) is 5.73 Å². The maximum atomic E-state index is 12.6. The number of hydrogen-bond donors (Lipinski definition) is 1. The molecule has 0 aliphatic rings. The van der Waals surface area contributed by atoms with Crippen LogP contribution in [0.15, 0.2) is 18.2 Å². The van der Waals surface area contributed by atoms with Gasteiger partial charge in [0.15, 0.2) is 0 Å². The summed E-state index contributed by atoms with van der Waals surface area (Å²) < 4.78 is 0. The van der Waals surface area contributed by atoms with E-state index < -0.39 is 0 Å². The maximum absolute atomic E-state index is 12.6. The van der Waals surface area contributed by atoms with Crippen LogP contribution in [0.1, 0.15) is 41.8 Å². The molecule has 1 aromatic rings. The molecule has 0 saturated carbocycles. The van der Waals surface area contributed by atoms with Crippen LogP contribution in [-0.2, 0) is 0 Å². The van der Waals surface area contributed by atoms with Gasteiger partial charge in [-0.25, -0.2) is 0 Å². The molecule has 0 unspecified atom stereocenters. The van der Waals surface area contributed by atoms with Crippen LogP contribution < -0.4 is 5.73 Å². The summed E-state index contributed by atoms with van der Waals surface area (Å²) in [4.78, 5) is 14.5. The monoisotopic (exact) mass is 248 g/mol. The predicted molar refractivity (Wildman–Crippen MR) is 75.8 cm³/mol. The van der Waals surface area contributed by atoms with Gasteiger partial charge >= 0.3 is 0 Å². The Morgan fingerprint density at radius 2 is 1.83 bits per heavy atom. The Balaban J connectivity index is 3.02. The molecule has 18 heavy (non-hydrogen) atoms. The molecule has 1 rings (SSSR count). The summed E-state index contributed by atoms with van der Waals surface area (Å²) >= 11 is 0. The highest BCUT2D eigenvalue weighted by atomic mass is 16.2. The van der Waals surface area contributed by atoms with Gasteiger partial charge in [0, 0.05) is 18.2 Å². The highest BCUT2D eigenvalue weighted by molar-refractivity contribution is 5.97. The normalized spacial score (nSPS) is 10.8. The van der Waals surface area contributed by atoms with E-state index in [9.17, 15) is 4.79 Å². The van der Waals surface area contributed by atoms with Crippen LogP contribution in [0.2, 0.25) is 0 Å². The molecule has 2 N–H and O–H groups in total. The van der Waals surface area contributed by atoms with Crippen molar-refractivity contribution in [3.8, 4) is 0 Å². The molecule has 0 spiro atoms. The summed E-state index contributed by atoms with van der Waals surface area (Å²) in [7, 11) is 0. The van der Waals surface area contributed by atoms with Crippen molar-refractivity contribution < 1.29 is 4.79 Å². The second kappa shape index (κ2) is 6.55. The van der Waals surface area contributed by atoms with E-state index in [1.807, 2.05) is 50.8 Å². The van der Waals surface area contributed by atoms with Crippen LogP contribution in [0.3, 0.4) is 0 Å². The molecule has 3 nitrogen and oxygen atoms in total. The van der Waals surface area contributed by atoms with Crippen molar-refractivity contribution in [3.05, 3.63) is 34.9 Å². The minimum absolute atomic E-state index is 0.119. The van der Waals surface area contributed by atoms with E-state index in [1.54, 1.807) is 0 Å². The lowest BCUT2D eigenvalue weighted by Crippen LogP contribution is -2.39. The first kappa shape index (κ1) is 14.7. The Labute approximate surface area is 110 Å². The van der Waals surface area contributed by atoms with E-state index in [-0.39, 0.29) is 11.9 Å². The minimum atomic E-state index is 0.119. The molecule has 0 aliphatic heterocycles. The summed E-state index contributed by atoms with van der Waals surface area (Å²) in [5.74, 6) is 0.119. The van der Waals surface area contributed by atoms with Crippen molar-refractivity contribution in [1.29, 1.82) is 0 Å². The lowest BCUT2D eigenvalue weighted by molar-refractivity contribution is 0.0703. The molecule has 0 fully saturated rings. The van der Waals surface area contributed by atoms with E-state index in [0.717, 1.165) is 29.7 Å². The first-order valence-corrected chi connectivity index (χ1v) is 6.56. The average molecular weight is 248 g/mol. The quantitative estimate of drug-likeness (QED) is 0.870. The van der Waals surface area contributed by atoms with Gasteiger partial charge in [-0.15, -0.1) is 0 Å². The molecule has 0 aromatic heterocycles. The number of aryl methyl sites for hydroxylation is 2. The third-order valence-corrected chi connectivity index (χ3v) is 3.18. The molecule has 1 amide bonds. The van der Waals surface area contributed by atoms with Crippen molar-refractivity contribution >= 4 is 5.91 Å². The Morgan fingerprint density at radius 1 is 1.28 bits per heavy atom. The Hall–Kier alpha value is -1.35. The molecule has 100 valence electrons.